The zero-order valence-electron chi connectivity index (χ0n) is 11.9. The lowest BCUT2D eigenvalue weighted by molar-refractivity contribution is 0.171. The van der Waals surface area contributed by atoms with E-state index in [4.69, 9.17) is 9.47 Å². The first-order valence-corrected chi connectivity index (χ1v) is 8.77. The highest BCUT2D eigenvalue weighted by Crippen LogP contribution is 2.36. The summed E-state index contributed by atoms with van der Waals surface area (Å²) >= 11 is 5.31. The van der Waals surface area contributed by atoms with E-state index in [9.17, 15) is 0 Å². The minimum atomic E-state index is 0.192. The average molecular weight is 368 g/mol. The van der Waals surface area contributed by atoms with E-state index in [0.29, 0.717) is 13.2 Å². The lowest BCUT2D eigenvalue weighted by Crippen LogP contribution is -2.23. The normalized spacial score (nSPS) is 15.0. The number of thiophene rings is 1. The Bertz CT molecular complexity index is 614. The fourth-order valence-corrected chi connectivity index (χ4v) is 3.92. The van der Waals surface area contributed by atoms with Gasteiger partial charge < -0.3 is 14.8 Å². The maximum atomic E-state index is 5.70. The van der Waals surface area contributed by atoms with Crippen molar-refractivity contribution in [1.29, 1.82) is 0 Å². The molecule has 112 valence electrons. The number of hydrogen-bond acceptors (Lipinski definition) is 4. The van der Waals surface area contributed by atoms with Crippen molar-refractivity contribution in [3.8, 4) is 11.5 Å². The number of rotatable bonds is 5. The summed E-state index contributed by atoms with van der Waals surface area (Å²) < 4.78 is 12.5. The molecule has 1 atom stereocenters. The Morgan fingerprint density at radius 2 is 2.00 bits per heavy atom. The largest absolute Gasteiger partial charge is 0.486 e. The molecule has 0 amide bonds. The van der Waals surface area contributed by atoms with Gasteiger partial charge in [0.2, 0.25) is 0 Å². The molecule has 2 aromatic rings. The first-order chi connectivity index (χ1) is 10.3. The van der Waals surface area contributed by atoms with Crippen LogP contribution in [0.4, 0.5) is 0 Å². The van der Waals surface area contributed by atoms with Crippen molar-refractivity contribution in [3.63, 3.8) is 0 Å². The third-order valence-corrected chi connectivity index (χ3v) is 5.07. The Morgan fingerprint density at radius 3 is 2.71 bits per heavy atom. The Hall–Kier alpha value is -1.04. The van der Waals surface area contributed by atoms with Crippen molar-refractivity contribution in [3.05, 3.63) is 44.6 Å². The highest BCUT2D eigenvalue weighted by atomic mass is 79.9. The predicted molar refractivity (Wildman–Crippen MR) is 89.6 cm³/mol. The monoisotopic (exact) mass is 367 g/mol. The Labute approximate surface area is 137 Å². The number of ether oxygens (including phenoxy) is 2. The molecule has 1 aromatic carbocycles. The van der Waals surface area contributed by atoms with Crippen molar-refractivity contribution in [1.82, 2.24) is 5.32 Å². The third kappa shape index (κ3) is 3.42. The first kappa shape index (κ1) is 14.9. The van der Waals surface area contributed by atoms with Crippen molar-refractivity contribution in [2.75, 3.05) is 19.8 Å². The maximum absolute atomic E-state index is 5.70. The van der Waals surface area contributed by atoms with Gasteiger partial charge >= 0.3 is 0 Å². The van der Waals surface area contributed by atoms with Gasteiger partial charge in [0.15, 0.2) is 11.5 Å². The van der Waals surface area contributed by atoms with E-state index in [0.717, 1.165) is 28.3 Å². The van der Waals surface area contributed by atoms with E-state index in [1.54, 1.807) is 11.3 Å². The second kappa shape index (κ2) is 6.81. The van der Waals surface area contributed by atoms with Crippen LogP contribution in [0.25, 0.3) is 0 Å². The Morgan fingerprint density at radius 1 is 1.19 bits per heavy atom. The van der Waals surface area contributed by atoms with Crippen LogP contribution in [0.1, 0.15) is 29.8 Å². The molecule has 0 saturated carbocycles. The lowest BCUT2D eigenvalue weighted by atomic mass is 10.0. The quantitative estimate of drug-likeness (QED) is 0.850. The van der Waals surface area contributed by atoms with Gasteiger partial charge in [-0.1, -0.05) is 13.0 Å². The molecule has 1 unspecified atom stereocenters. The summed E-state index contributed by atoms with van der Waals surface area (Å²) in [7, 11) is 0. The molecule has 21 heavy (non-hydrogen) atoms. The third-order valence-electron chi connectivity index (χ3n) is 3.38. The summed E-state index contributed by atoms with van der Waals surface area (Å²) in [6.45, 7) is 4.41. The molecule has 3 rings (SSSR count). The molecule has 5 heteroatoms. The average Bonchev–Trinajstić information content (AvgIpc) is 2.94. The summed E-state index contributed by atoms with van der Waals surface area (Å²) in [5, 5.41) is 3.62. The van der Waals surface area contributed by atoms with Crippen LogP contribution in [0.3, 0.4) is 0 Å². The van der Waals surface area contributed by atoms with E-state index in [1.165, 1.54) is 10.4 Å². The highest BCUT2D eigenvalue weighted by Gasteiger charge is 2.19. The minimum absolute atomic E-state index is 0.192. The second-order valence-corrected chi connectivity index (χ2v) is 7.43. The molecule has 0 bridgehead atoms. The molecule has 1 aliphatic rings. The van der Waals surface area contributed by atoms with Crippen LogP contribution in [0, 0.1) is 0 Å². The number of halogens is 1. The molecule has 0 spiro atoms. The van der Waals surface area contributed by atoms with Gasteiger partial charge in [-0.3, -0.25) is 0 Å². The number of benzene rings is 1. The minimum Gasteiger partial charge on any atom is -0.486 e. The van der Waals surface area contributed by atoms with Crippen molar-refractivity contribution in [2.24, 2.45) is 0 Å². The molecule has 0 fully saturated rings. The van der Waals surface area contributed by atoms with E-state index >= 15 is 0 Å². The molecular weight excluding hydrogens is 350 g/mol. The van der Waals surface area contributed by atoms with Crippen LogP contribution in [-0.4, -0.2) is 19.8 Å². The van der Waals surface area contributed by atoms with E-state index in [2.05, 4.69) is 52.4 Å². The van der Waals surface area contributed by atoms with Crippen LogP contribution in [-0.2, 0) is 0 Å². The molecule has 0 radical (unpaired) electrons. The van der Waals surface area contributed by atoms with Gasteiger partial charge in [-0.2, -0.15) is 0 Å². The van der Waals surface area contributed by atoms with Crippen molar-refractivity contribution < 1.29 is 9.47 Å². The van der Waals surface area contributed by atoms with Gasteiger partial charge in [0.1, 0.15) is 13.2 Å². The first-order valence-electron chi connectivity index (χ1n) is 7.16. The fourth-order valence-electron chi connectivity index (χ4n) is 2.39. The van der Waals surface area contributed by atoms with E-state index < -0.39 is 0 Å². The SMILES string of the molecule is CCCNC(c1ccc2c(c1)OCCO2)c1ccc(Br)s1. The van der Waals surface area contributed by atoms with Gasteiger partial charge in [-0.05, 0) is 58.7 Å². The van der Waals surface area contributed by atoms with Crippen LogP contribution in [0.2, 0.25) is 0 Å². The summed E-state index contributed by atoms with van der Waals surface area (Å²) in [6, 6.07) is 10.7. The Kier molecular flexibility index (Phi) is 4.83. The van der Waals surface area contributed by atoms with E-state index in [1.807, 2.05) is 6.07 Å². The lowest BCUT2D eigenvalue weighted by Gasteiger charge is -2.22. The van der Waals surface area contributed by atoms with E-state index in [-0.39, 0.29) is 6.04 Å². The second-order valence-electron chi connectivity index (χ2n) is 4.93. The number of nitrogens with one attached hydrogen (secondary N) is 1. The molecule has 1 aromatic heterocycles. The van der Waals surface area contributed by atoms with Gasteiger partial charge in [0.25, 0.3) is 0 Å². The van der Waals surface area contributed by atoms with Crippen molar-refractivity contribution in [2.45, 2.75) is 19.4 Å². The number of fused-ring (bicyclic) bond motifs is 1. The van der Waals surface area contributed by atoms with Gasteiger partial charge in [-0.25, -0.2) is 0 Å². The van der Waals surface area contributed by atoms with Crippen LogP contribution < -0.4 is 14.8 Å². The van der Waals surface area contributed by atoms with Gasteiger partial charge in [-0.15, -0.1) is 11.3 Å². The summed E-state index contributed by atoms with van der Waals surface area (Å²) in [5.74, 6) is 1.68. The molecule has 3 nitrogen and oxygen atoms in total. The van der Waals surface area contributed by atoms with Gasteiger partial charge in [0.05, 0.1) is 9.83 Å². The van der Waals surface area contributed by atoms with Crippen molar-refractivity contribution >= 4 is 27.3 Å². The molecule has 1 aliphatic heterocycles. The summed E-state index contributed by atoms with van der Waals surface area (Å²) in [6.07, 6.45) is 1.10. The molecular formula is C16H18BrNO2S. The fraction of sp³-hybridized carbons (Fsp3) is 0.375. The van der Waals surface area contributed by atoms with Crippen LogP contribution in [0.15, 0.2) is 34.1 Å². The molecule has 2 heterocycles. The number of hydrogen-bond donors (Lipinski definition) is 1. The summed E-state index contributed by atoms with van der Waals surface area (Å²) in [4.78, 5) is 1.30. The van der Waals surface area contributed by atoms with Gasteiger partial charge in [0, 0.05) is 4.88 Å². The smallest absolute Gasteiger partial charge is 0.161 e. The summed E-state index contributed by atoms with van der Waals surface area (Å²) in [5.41, 5.74) is 1.21. The zero-order valence-corrected chi connectivity index (χ0v) is 14.3. The maximum Gasteiger partial charge on any atom is 0.161 e. The zero-order chi connectivity index (χ0) is 14.7. The van der Waals surface area contributed by atoms with Crippen LogP contribution >= 0.6 is 27.3 Å². The highest BCUT2D eigenvalue weighted by molar-refractivity contribution is 9.11. The topological polar surface area (TPSA) is 30.5 Å². The standard InChI is InChI=1S/C16H18BrNO2S/c1-2-7-18-16(14-5-6-15(17)21-14)11-3-4-12-13(10-11)20-9-8-19-12/h3-6,10,16,18H,2,7-9H2,1H3. The van der Waals surface area contributed by atoms with Crippen LogP contribution in [0.5, 0.6) is 11.5 Å². The Balaban J connectivity index is 1.92. The predicted octanol–water partition coefficient (Wildman–Crippen LogP) is 4.37. The molecule has 0 aliphatic carbocycles. The molecule has 1 N–H and O–H groups in total. The molecule has 0 saturated heterocycles.